The van der Waals surface area contributed by atoms with Crippen molar-refractivity contribution in [1.29, 1.82) is 5.26 Å². The van der Waals surface area contributed by atoms with E-state index in [0.29, 0.717) is 25.2 Å². The van der Waals surface area contributed by atoms with Crippen molar-refractivity contribution < 1.29 is 4.79 Å². The van der Waals surface area contributed by atoms with Crippen molar-refractivity contribution in [3.63, 3.8) is 0 Å². The highest BCUT2D eigenvalue weighted by Gasteiger charge is 2.44. The first-order valence-electron chi connectivity index (χ1n) is 7.82. The van der Waals surface area contributed by atoms with Crippen LogP contribution in [0.15, 0.2) is 36.7 Å². The first-order chi connectivity index (χ1) is 11.6. The third-order valence-corrected chi connectivity index (χ3v) is 4.50. The number of carbonyl (C=O) groups is 1. The maximum Gasteiger partial charge on any atom is 0.314 e. The summed E-state index contributed by atoms with van der Waals surface area (Å²) in [5.41, 5.74) is 1.71. The SMILES string of the molecule is N#Cc1cnn(CCNC(=O)NCC2(c3cccc(Cl)c3)CC2)c1. The van der Waals surface area contributed by atoms with Crippen LogP contribution in [-0.2, 0) is 12.0 Å². The minimum absolute atomic E-state index is 0.0198. The first-order valence-corrected chi connectivity index (χ1v) is 8.19. The van der Waals surface area contributed by atoms with E-state index in [1.807, 2.05) is 24.3 Å². The van der Waals surface area contributed by atoms with Gasteiger partial charge in [-0.3, -0.25) is 4.68 Å². The largest absolute Gasteiger partial charge is 0.337 e. The van der Waals surface area contributed by atoms with Crippen molar-refractivity contribution in [3.8, 4) is 6.07 Å². The van der Waals surface area contributed by atoms with Gasteiger partial charge >= 0.3 is 6.03 Å². The second-order valence-corrected chi connectivity index (χ2v) is 6.44. The Bertz CT molecular complexity index is 775. The lowest BCUT2D eigenvalue weighted by atomic mass is 9.96. The van der Waals surface area contributed by atoms with Gasteiger partial charge in [-0.1, -0.05) is 23.7 Å². The second kappa shape index (κ2) is 6.93. The molecule has 0 atom stereocenters. The number of carbonyl (C=O) groups excluding carboxylic acids is 1. The van der Waals surface area contributed by atoms with E-state index in [2.05, 4.69) is 21.8 Å². The molecular formula is C17H18ClN5O. The summed E-state index contributed by atoms with van der Waals surface area (Å²) in [6.07, 6.45) is 5.26. The van der Waals surface area contributed by atoms with Crippen molar-refractivity contribution in [2.75, 3.05) is 13.1 Å². The van der Waals surface area contributed by atoms with Gasteiger partial charge in [-0.15, -0.1) is 0 Å². The molecule has 0 saturated heterocycles. The smallest absolute Gasteiger partial charge is 0.314 e. The summed E-state index contributed by atoms with van der Waals surface area (Å²) in [7, 11) is 0. The van der Waals surface area contributed by atoms with E-state index in [1.165, 1.54) is 11.8 Å². The molecule has 0 aliphatic heterocycles. The maximum atomic E-state index is 11.9. The second-order valence-electron chi connectivity index (χ2n) is 6.00. The van der Waals surface area contributed by atoms with Crippen LogP contribution in [0.25, 0.3) is 0 Å². The number of nitriles is 1. The average molecular weight is 344 g/mol. The zero-order chi connectivity index (χ0) is 17.0. The molecule has 24 heavy (non-hydrogen) atoms. The van der Waals surface area contributed by atoms with E-state index >= 15 is 0 Å². The molecule has 3 rings (SSSR count). The van der Waals surface area contributed by atoms with E-state index < -0.39 is 0 Å². The summed E-state index contributed by atoms with van der Waals surface area (Å²) >= 11 is 6.05. The average Bonchev–Trinajstić information content (AvgIpc) is 3.24. The highest BCUT2D eigenvalue weighted by atomic mass is 35.5. The Balaban J connectivity index is 1.43. The van der Waals surface area contributed by atoms with Crippen molar-refractivity contribution in [3.05, 3.63) is 52.8 Å². The number of amides is 2. The normalized spacial score (nSPS) is 14.7. The number of hydrogen-bond donors (Lipinski definition) is 2. The zero-order valence-electron chi connectivity index (χ0n) is 13.1. The fourth-order valence-electron chi connectivity index (χ4n) is 2.68. The number of benzene rings is 1. The maximum absolute atomic E-state index is 11.9. The van der Waals surface area contributed by atoms with Gasteiger partial charge in [0.25, 0.3) is 0 Å². The third-order valence-electron chi connectivity index (χ3n) is 4.27. The third kappa shape index (κ3) is 3.87. The summed E-state index contributed by atoms with van der Waals surface area (Å²) in [5, 5.41) is 19.2. The Kier molecular flexibility index (Phi) is 4.72. The minimum Gasteiger partial charge on any atom is -0.337 e. The van der Waals surface area contributed by atoms with Crippen LogP contribution in [0.5, 0.6) is 0 Å². The van der Waals surface area contributed by atoms with Crippen molar-refractivity contribution in [2.24, 2.45) is 0 Å². The molecule has 1 heterocycles. The molecule has 0 unspecified atom stereocenters. The molecule has 0 spiro atoms. The van der Waals surface area contributed by atoms with Crippen LogP contribution in [0.4, 0.5) is 4.79 Å². The van der Waals surface area contributed by atoms with Crippen LogP contribution in [0.1, 0.15) is 24.0 Å². The molecule has 1 saturated carbocycles. The lowest BCUT2D eigenvalue weighted by Gasteiger charge is -2.17. The number of nitrogens with one attached hydrogen (secondary N) is 2. The number of nitrogens with zero attached hydrogens (tertiary/aromatic N) is 3. The number of urea groups is 1. The van der Waals surface area contributed by atoms with E-state index in [0.717, 1.165) is 17.9 Å². The van der Waals surface area contributed by atoms with Crippen LogP contribution in [0.2, 0.25) is 5.02 Å². The molecule has 7 heteroatoms. The van der Waals surface area contributed by atoms with Crippen LogP contribution in [0, 0.1) is 11.3 Å². The van der Waals surface area contributed by atoms with Crippen molar-refractivity contribution in [1.82, 2.24) is 20.4 Å². The fraction of sp³-hybridized carbons (Fsp3) is 0.353. The number of hydrogen-bond acceptors (Lipinski definition) is 3. The highest BCUT2D eigenvalue weighted by Crippen LogP contribution is 2.48. The van der Waals surface area contributed by atoms with E-state index in [1.54, 1.807) is 10.9 Å². The number of halogens is 1. The number of aromatic nitrogens is 2. The van der Waals surface area contributed by atoms with Crippen molar-refractivity contribution in [2.45, 2.75) is 24.8 Å². The lowest BCUT2D eigenvalue weighted by molar-refractivity contribution is 0.239. The summed E-state index contributed by atoms with van der Waals surface area (Å²) in [4.78, 5) is 11.9. The van der Waals surface area contributed by atoms with Gasteiger partial charge in [0.1, 0.15) is 6.07 Å². The Morgan fingerprint density at radius 2 is 2.25 bits per heavy atom. The summed E-state index contributed by atoms with van der Waals surface area (Å²) in [5.74, 6) is 0. The Labute approximate surface area is 145 Å². The van der Waals surface area contributed by atoms with Gasteiger partial charge in [-0.25, -0.2) is 4.79 Å². The molecule has 0 bridgehead atoms. The first kappa shape index (κ1) is 16.3. The Morgan fingerprint density at radius 1 is 1.42 bits per heavy atom. The topological polar surface area (TPSA) is 82.7 Å². The molecule has 1 aromatic carbocycles. The van der Waals surface area contributed by atoms with Gasteiger partial charge in [0.05, 0.1) is 18.3 Å². The fourth-order valence-corrected chi connectivity index (χ4v) is 2.87. The van der Waals surface area contributed by atoms with Gasteiger partial charge in [0.15, 0.2) is 0 Å². The van der Waals surface area contributed by atoms with E-state index in [4.69, 9.17) is 16.9 Å². The summed E-state index contributed by atoms with van der Waals surface area (Å²) < 4.78 is 1.63. The molecule has 2 aromatic rings. The van der Waals surface area contributed by atoms with Gasteiger partial charge in [-0.05, 0) is 30.5 Å². The lowest BCUT2D eigenvalue weighted by Crippen LogP contribution is -2.41. The van der Waals surface area contributed by atoms with Crippen LogP contribution in [-0.4, -0.2) is 28.9 Å². The molecule has 1 aliphatic carbocycles. The molecule has 1 aliphatic rings. The monoisotopic (exact) mass is 343 g/mol. The molecule has 2 N–H and O–H groups in total. The Hall–Kier alpha value is -2.52. The Morgan fingerprint density at radius 3 is 2.92 bits per heavy atom. The standard InChI is InChI=1S/C17H18ClN5O/c18-15-3-1-2-14(8-15)17(4-5-17)12-21-16(24)20-6-7-23-11-13(9-19)10-22-23/h1-3,8,10-11H,4-7,12H2,(H2,20,21,24). The number of rotatable bonds is 6. The van der Waals surface area contributed by atoms with Gasteiger partial charge in [-0.2, -0.15) is 10.4 Å². The van der Waals surface area contributed by atoms with Crippen LogP contribution in [0.3, 0.4) is 0 Å². The van der Waals surface area contributed by atoms with E-state index in [-0.39, 0.29) is 11.4 Å². The molecule has 6 nitrogen and oxygen atoms in total. The minimum atomic E-state index is -0.198. The van der Waals surface area contributed by atoms with Gasteiger partial charge in [0, 0.05) is 29.7 Å². The summed E-state index contributed by atoms with van der Waals surface area (Å²) in [6, 6.07) is 9.65. The molecular weight excluding hydrogens is 326 g/mol. The van der Waals surface area contributed by atoms with Crippen LogP contribution >= 0.6 is 11.6 Å². The molecule has 0 radical (unpaired) electrons. The van der Waals surface area contributed by atoms with Crippen LogP contribution < -0.4 is 10.6 Å². The van der Waals surface area contributed by atoms with Gasteiger partial charge in [0.2, 0.25) is 0 Å². The quantitative estimate of drug-likeness (QED) is 0.845. The molecule has 1 aromatic heterocycles. The van der Waals surface area contributed by atoms with Crippen molar-refractivity contribution >= 4 is 17.6 Å². The van der Waals surface area contributed by atoms with Gasteiger partial charge < -0.3 is 10.6 Å². The highest BCUT2D eigenvalue weighted by molar-refractivity contribution is 6.30. The zero-order valence-corrected chi connectivity index (χ0v) is 13.9. The van der Waals surface area contributed by atoms with E-state index in [9.17, 15) is 4.79 Å². The molecule has 1 fully saturated rings. The summed E-state index contributed by atoms with van der Waals surface area (Å²) in [6.45, 7) is 1.57. The predicted molar refractivity (Wildman–Crippen MR) is 90.7 cm³/mol. The predicted octanol–water partition coefficient (Wildman–Crippen LogP) is 2.44. The molecule has 124 valence electrons. The molecule has 2 amide bonds.